The number of para-hydroxylation sites is 2. The number of carbonyl (C=O) groups excluding carboxylic acids is 2. The first-order valence-electron chi connectivity index (χ1n) is 10.1. The van der Waals surface area contributed by atoms with Crippen molar-refractivity contribution in [3.05, 3.63) is 59.7 Å². The smallest absolute Gasteiger partial charge is 0.276 e. The van der Waals surface area contributed by atoms with E-state index >= 15 is 0 Å². The summed E-state index contributed by atoms with van der Waals surface area (Å²) in [5.41, 5.74) is 6.29. The van der Waals surface area contributed by atoms with Gasteiger partial charge in [0.2, 0.25) is 0 Å². The molecule has 2 amide bonds. The van der Waals surface area contributed by atoms with Gasteiger partial charge >= 0.3 is 0 Å². The van der Waals surface area contributed by atoms with Crippen LogP contribution in [0.2, 0.25) is 0 Å². The molecule has 8 heteroatoms. The van der Waals surface area contributed by atoms with Gasteiger partial charge in [-0.15, -0.1) is 0 Å². The molecular formula is C23H29N3O4S. The minimum absolute atomic E-state index is 0.0420. The molecule has 0 spiro atoms. The first-order valence-corrected chi connectivity index (χ1v) is 10.5. The lowest BCUT2D eigenvalue weighted by Crippen LogP contribution is -2.49. The van der Waals surface area contributed by atoms with Gasteiger partial charge in [0.25, 0.3) is 11.8 Å². The largest absolute Gasteiger partial charge is 0.492 e. The predicted molar refractivity (Wildman–Crippen MR) is 124 cm³/mol. The summed E-state index contributed by atoms with van der Waals surface area (Å²) in [6.45, 7) is 8.45. The molecule has 0 aliphatic carbocycles. The molecule has 166 valence electrons. The van der Waals surface area contributed by atoms with Crippen molar-refractivity contribution in [2.45, 2.75) is 33.6 Å². The van der Waals surface area contributed by atoms with Gasteiger partial charge in [-0.25, -0.2) is 0 Å². The van der Waals surface area contributed by atoms with Crippen LogP contribution in [0.5, 0.6) is 11.5 Å². The van der Waals surface area contributed by atoms with Gasteiger partial charge in [-0.05, 0) is 47.8 Å². The van der Waals surface area contributed by atoms with Crippen LogP contribution in [0.4, 0.5) is 0 Å². The van der Waals surface area contributed by atoms with Crippen LogP contribution in [0, 0.1) is 5.92 Å². The Labute approximate surface area is 188 Å². The standard InChI is InChI=1S/C23H29N3O4S/c1-15(2)13-29-20-12-8-6-10-18(20)22(28)24-23(31)26-25-21(27)14-30-19-11-7-5-9-17(19)16(3)4/h5-12,15-16H,13-14H2,1-4H3,(H,25,27)(H2,24,26,28,31). The van der Waals surface area contributed by atoms with Crippen LogP contribution in [0.1, 0.15) is 49.5 Å². The lowest BCUT2D eigenvalue weighted by Gasteiger charge is -2.15. The molecule has 0 aliphatic heterocycles. The summed E-state index contributed by atoms with van der Waals surface area (Å²) in [7, 11) is 0. The predicted octanol–water partition coefficient (Wildman–Crippen LogP) is 3.56. The fourth-order valence-electron chi connectivity index (χ4n) is 2.63. The molecule has 0 unspecified atom stereocenters. The summed E-state index contributed by atoms with van der Waals surface area (Å²) >= 11 is 5.09. The molecule has 0 radical (unpaired) electrons. The van der Waals surface area contributed by atoms with Crippen LogP contribution < -0.4 is 25.6 Å². The number of amides is 2. The van der Waals surface area contributed by atoms with E-state index < -0.39 is 11.8 Å². The Kier molecular flexibility index (Phi) is 9.27. The molecule has 0 atom stereocenters. The molecular weight excluding hydrogens is 414 g/mol. The maximum absolute atomic E-state index is 12.5. The van der Waals surface area contributed by atoms with E-state index in [1.807, 2.05) is 38.1 Å². The van der Waals surface area contributed by atoms with E-state index in [-0.39, 0.29) is 17.6 Å². The lowest BCUT2D eigenvalue weighted by molar-refractivity contribution is -0.123. The van der Waals surface area contributed by atoms with E-state index in [0.29, 0.717) is 29.6 Å². The van der Waals surface area contributed by atoms with Crippen LogP contribution in [0.3, 0.4) is 0 Å². The quantitative estimate of drug-likeness (QED) is 0.427. The van der Waals surface area contributed by atoms with E-state index in [1.165, 1.54) is 0 Å². The van der Waals surface area contributed by atoms with Gasteiger partial charge in [0.05, 0.1) is 12.2 Å². The number of thiocarbonyl (C=S) groups is 1. The second-order valence-corrected chi connectivity index (χ2v) is 8.05. The number of hydrazine groups is 1. The Morgan fingerprint density at radius 3 is 2.23 bits per heavy atom. The van der Waals surface area contributed by atoms with Gasteiger partial charge in [-0.1, -0.05) is 58.0 Å². The molecule has 7 nitrogen and oxygen atoms in total. The molecule has 0 aromatic heterocycles. The van der Waals surface area contributed by atoms with Gasteiger partial charge in [0.15, 0.2) is 11.7 Å². The van der Waals surface area contributed by atoms with Gasteiger partial charge in [-0.2, -0.15) is 0 Å². The van der Waals surface area contributed by atoms with E-state index in [4.69, 9.17) is 21.7 Å². The van der Waals surface area contributed by atoms with Crippen LogP contribution in [-0.2, 0) is 4.79 Å². The van der Waals surface area contributed by atoms with Crippen LogP contribution in [0.15, 0.2) is 48.5 Å². The molecule has 2 rings (SSSR count). The van der Waals surface area contributed by atoms with Crippen molar-refractivity contribution in [1.29, 1.82) is 0 Å². The van der Waals surface area contributed by atoms with E-state index in [9.17, 15) is 9.59 Å². The zero-order chi connectivity index (χ0) is 22.8. The minimum Gasteiger partial charge on any atom is -0.492 e. The van der Waals surface area contributed by atoms with Crippen molar-refractivity contribution in [3.8, 4) is 11.5 Å². The molecule has 0 bridgehead atoms. The van der Waals surface area contributed by atoms with Crippen molar-refractivity contribution in [2.75, 3.05) is 13.2 Å². The Bertz CT molecular complexity index is 915. The SMILES string of the molecule is CC(C)COc1ccccc1C(=O)NC(=S)NNC(=O)COc1ccccc1C(C)C. The number of carbonyl (C=O) groups is 2. The second-order valence-electron chi connectivity index (χ2n) is 7.64. The zero-order valence-electron chi connectivity index (χ0n) is 18.2. The highest BCUT2D eigenvalue weighted by Crippen LogP contribution is 2.25. The highest BCUT2D eigenvalue weighted by Gasteiger charge is 2.15. The van der Waals surface area contributed by atoms with Crippen molar-refractivity contribution in [3.63, 3.8) is 0 Å². The first kappa shape index (κ1) is 24.1. The third kappa shape index (κ3) is 7.90. The highest BCUT2D eigenvalue weighted by atomic mass is 32.1. The number of benzene rings is 2. The van der Waals surface area contributed by atoms with Crippen molar-refractivity contribution in [2.24, 2.45) is 5.92 Å². The van der Waals surface area contributed by atoms with Crippen molar-refractivity contribution >= 4 is 29.1 Å². The summed E-state index contributed by atoms with van der Waals surface area (Å²) in [5, 5.41) is 2.48. The van der Waals surface area contributed by atoms with Gasteiger partial charge < -0.3 is 9.47 Å². The average molecular weight is 444 g/mol. The van der Waals surface area contributed by atoms with E-state index in [2.05, 4.69) is 30.0 Å². The highest BCUT2D eigenvalue weighted by molar-refractivity contribution is 7.80. The summed E-state index contributed by atoms with van der Waals surface area (Å²) < 4.78 is 11.3. The van der Waals surface area contributed by atoms with Gasteiger partial charge in [-0.3, -0.25) is 25.8 Å². The zero-order valence-corrected chi connectivity index (χ0v) is 19.0. The molecule has 3 N–H and O–H groups in total. The van der Waals surface area contributed by atoms with Crippen molar-refractivity contribution < 1.29 is 19.1 Å². The molecule has 31 heavy (non-hydrogen) atoms. The fraction of sp³-hybridized carbons (Fsp3) is 0.348. The Balaban J connectivity index is 1.83. The summed E-state index contributed by atoms with van der Waals surface area (Å²) in [4.78, 5) is 24.6. The lowest BCUT2D eigenvalue weighted by atomic mass is 10.0. The monoisotopic (exact) mass is 443 g/mol. The number of hydrogen-bond donors (Lipinski definition) is 3. The summed E-state index contributed by atoms with van der Waals surface area (Å²) in [6.07, 6.45) is 0. The maximum Gasteiger partial charge on any atom is 0.276 e. The normalized spacial score (nSPS) is 10.5. The van der Waals surface area contributed by atoms with Crippen molar-refractivity contribution in [1.82, 2.24) is 16.2 Å². The molecule has 0 saturated carbocycles. The van der Waals surface area contributed by atoms with E-state index in [0.717, 1.165) is 5.56 Å². The topological polar surface area (TPSA) is 88.7 Å². The molecule has 2 aromatic carbocycles. The Hall–Kier alpha value is -3.13. The Morgan fingerprint density at radius 1 is 0.903 bits per heavy atom. The molecule has 0 aliphatic rings. The van der Waals surface area contributed by atoms with Crippen LogP contribution >= 0.6 is 12.2 Å². The number of nitrogens with one attached hydrogen (secondary N) is 3. The minimum atomic E-state index is -0.437. The van der Waals surface area contributed by atoms with Crippen LogP contribution in [-0.4, -0.2) is 30.1 Å². The second kappa shape index (κ2) is 11.9. The van der Waals surface area contributed by atoms with Gasteiger partial charge in [0, 0.05) is 0 Å². The summed E-state index contributed by atoms with van der Waals surface area (Å²) in [6, 6.07) is 14.5. The number of hydrogen-bond acceptors (Lipinski definition) is 5. The first-order chi connectivity index (χ1) is 14.8. The van der Waals surface area contributed by atoms with Gasteiger partial charge in [0.1, 0.15) is 11.5 Å². The fourth-order valence-corrected chi connectivity index (χ4v) is 2.78. The molecule has 0 fully saturated rings. The molecule has 0 saturated heterocycles. The third-order valence-electron chi connectivity index (χ3n) is 4.15. The number of rotatable bonds is 8. The third-order valence-corrected chi connectivity index (χ3v) is 4.35. The molecule has 2 aromatic rings. The van der Waals surface area contributed by atoms with Crippen LogP contribution in [0.25, 0.3) is 0 Å². The maximum atomic E-state index is 12.5. The Morgan fingerprint density at radius 2 is 1.55 bits per heavy atom. The average Bonchev–Trinajstić information content (AvgIpc) is 2.75. The molecule has 0 heterocycles. The number of ether oxygens (including phenoxy) is 2. The summed E-state index contributed by atoms with van der Waals surface area (Å²) in [5.74, 6) is 0.847. The van der Waals surface area contributed by atoms with E-state index in [1.54, 1.807) is 24.3 Å².